The van der Waals surface area contributed by atoms with Crippen LogP contribution in [-0.4, -0.2) is 12.9 Å². The molecule has 2 nitrogen and oxygen atoms in total. The lowest BCUT2D eigenvalue weighted by atomic mass is 10.0. The highest BCUT2D eigenvalue weighted by Gasteiger charge is 2.31. The van der Waals surface area contributed by atoms with E-state index < -0.39 is 0 Å². The van der Waals surface area contributed by atoms with Crippen LogP contribution in [0.3, 0.4) is 0 Å². The molecule has 0 saturated carbocycles. The Labute approximate surface area is 84.8 Å². The number of hydrogen-bond acceptors (Lipinski definition) is 2. The van der Waals surface area contributed by atoms with Gasteiger partial charge in [-0.25, -0.2) is 0 Å². The van der Waals surface area contributed by atoms with E-state index >= 15 is 0 Å². The molecule has 0 bridgehead atoms. The molecule has 2 unspecified atom stereocenters. The van der Waals surface area contributed by atoms with E-state index in [1.165, 1.54) is 11.1 Å². The molecule has 0 aliphatic carbocycles. The molecule has 1 aliphatic heterocycles. The van der Waals surface area contributed by atoms with Gasteiger partial charge in [0.1, 0.15) is 5.75 Å². The molecule has 0 aromatic heterocycles. The molecule has 1 aliphatic rings. The lowest BCUT2D eigenvalue weighted by molar-refractivity contribution is -0.0733. The fourth-order valence-electron chi connectivity index (χ4n) is 1.85. The van der Waals surface area contributed by atoms with E-state index in [0.717, 1.165) is 5.75 Å². The van der Waals surface area contributed by atoms with Gasteiger partial charge in [0.05, 0.1) is 0 Å². The van der Waals surface area contributed by atoms with Crippen LogP contribution >= 0.6 is 0 Å². The van der Waals surface area contributed by atoms with Gasteiger partial charge < -0.3 is 9.47 Å². The molecule has 14 heavy (non-hydrogen) atoms. The number of aryl methyl sites for hydroxylation is 1. The summed E-state index contributed by atoms with van der Waals surface area (Å²) in [5.74, 6) is 1.31. The van der Waals surface area contributed by atoms with Crippen LogP contribution in [0.1, 0.15) is 30.9 Å². The van der Waals surface area contributed by atoms with E-state index in [9.17, 15) is 0 Å². The lowest BCUT2D eigenvalue weighted by Crippen LogP contribution is -2.20. The topological polar surface area (TPSA) is 18.5 Å². The van der Waals surface area contributed by atoms with Gasteiger partial charge in [-0.3, -0.25) is 0 Å². The van der Waals surface area contributed by atoms with Gasteiger partial charge in [-0.1, -0.05) is 24.6 Å². The summed E-state index contributed by atoms with van der Waals surface area (Å²) in [7, 11) is 0. The quantitative estimate of drug-likeness (QED) is 0.717. The second-order valence-corrected chi connectivity index (χ2v) is 3.77. The molecular weight excluding hydrogens is 176 g/mol. The Bertz CT molecular complexity index is 333. The van der Waals surface area contributed by atoms with Crippen LogP contribution in [0, 0.1) is 6.92 Å². The third-order valence-corrected chi connectivity index (χ3v) is 2.64. The molecule has 0 saturated heterocycles. The highest BCUT2D eigenvalue weighted by molar-refractivity contribution is 5.42. The summed E-state index contributed by atoms with van der Waals surface area (Å²) in [5.41, 5.74) is 2.54. The molecule has 2 atom stereocenters. The van der Waals surface area contributed by atoms with Crippen molar-refractivity contribution >= 4 is 0 Å². The molecule has 2 heteroatoms. The summed E-state index contributed by atoms with van der Waals surface area (Å²) in [5, 5.41) is 0. The number of hydrogen-bond donors (Lipinski definition) is 0. The Morgan fingerprint density at radius 2 is 2.21 bits per heavy atom. The molecule has 0 N–H and O–H groups in total. The van der Waals surface area contributed by atoms with Crippen LogP contribution in [0.25, 0.3) is 0 Å². The van der Waals surface area contributed by atoms with Crippen molar-refractivity contribution in [1.82, 2.24) is 0 Å². The van der Waals surface area contributed by atoms with Crippen LogP contribution in [0.5, 0.6) is 5.75 Å². The molecule has 1 aromatic carbocycles. The Hall–Kier alpha value is -1.02. The van der Waals surface area contributed by atoms with Crippen molar-refractivity contribution < 1.29 is 9.47 Å². The second kappa shape index (κ2) is 3.62. The first-order valence-electron chi connectivity index (χ1n) is 5.11. The normalized spacial score (nSPS) is 24.5. The van der Waals surface area contributed by atoms with E-state index in [4.69, 9.17) is 9.47 Å². The molecule has 2 rings (SSSR count). The number of benzene rings is 1. The SMILES string of the molecule is CCOC1Oc2ccc(C)cc2C1C. The van der Waals surface area contributed by atoms with Crippen molar-refractivity contribution in [3.05, 3.63) is 29.3 Å². The zero-order chi connectivity index (χ0) is 10.1. The highest BCUT2D eigenvalue weighted by Crippen LogP contribution is 2.38. The van der Waals surface area contributed by atoms with Crippen molar-refractivity contribution in [2.75, 3.05) is 6.61 Å². The first kappa shape index (κ1) is 9.53. The van der Waals surface area contributed by atoms with Crippen LogP contribution in [0.15, 0.2) is 18.2 Å². The summed E-state index contributed by atoms with van der Waals surface area (Å²) in [6.07, 6.45) is -0.100. The second-order valence-electron chi connectivity index (χ2n) is 3.77. The summed E-state index contributed by atoms with van der Waals surface area (Å²) < 4.78 is 11.2. The fourth-order valence-corrected chi connectivity index (χ4v) is 1.85. The summed E-state index contributed by atoms with van der Waals surface area (Å²) in [4.78, 5) is 0. The van der Waals surface area contributed by atoms with Gasteiger partial charge in [0.15, 0.2) is 0 Å². The standard InChI is InChI=1S/C12H16O2/c1-4-13-12-9(3)10-7-8(2)5-6-11(10)14-12/h5-7,9,12H,4H2,1-3H3. The maximum absolute atomic E-state index is 5.69. The number of rotatable bonds is 2. The minimum Gasteiger partial charge on any atom is -0.464 e. The lowest BCUT2D eigenvalue weighted by Gasteiger charge is -2.14. The smallest absolute Gasteiger partial charge is 0.206 e. The van der Waals surface area contributed by atoms with E-state index in [1.54, 1.807) is 0 Å². The maximum Gasteiger partial charge on any atom is 0.206 e. The summed E-state index contributed by atoms with van der Waals surface area (Å²) in [6, 6.07) is 6.28. The average Bonchev–Trinajstić information content (AvgIpc) is 2.46. The van der Waals surface area contributed by atoms with Gasteiger partial charge in [0.25, 0.3) is 0 Å². The van der Waals surface area contributed by atoms with Gasteiger partial charge in [-0.2, -0.15) is 0 Å². The van der Waals surface area contributed by atoms with Gasteiger partial charge in [0.2, 0.25) is 6.29 Å². The van der Waals surface area contributed by atoms with Crippen LogP contribution in [-0.2, 0) is 4.74 Å². The molecule has 1 aromatic rings. The minimum absolute atomic E-state index is 0.100. The predicted octanol–water partition coefficient (Wildman–Crippen LogP) is 2.85. The Kier molecular flexibility index (Phi) is 2.46. The van der Waals surface area contributed by atoms with Crippen molar-refractivity contribution in [2.24, 2.45) is 0 Å². The molecule has 0 spiro atoms. The molecule has 0 radical (unpaired) electrons. The fraction of sp³-hybridized carbons (Fsp3) is 0.500. The van der Waals surface area contributed by atoms with E-state index in [1.807, 2.05) is 13.0 Å². The van der Waals surface area contributed by atoms with E-state index in [2.05, 4.69) is 26.0 Å². The molecule has 1 heterocycles. The summed E-state index contributed by atoms with van der Waals surface area (Å²) in [6.45, 7) is 6.93. The zero-order valence-corrected chi connectivity index (χ0v) is 8.91. The van der Waals surface area contributed by atoms with Crippen LogP contribution < -0.4 is 4.74 Å². The van der Waals surface area contributed by atoms with Gasteiger partial charge in [0, 0.05) is 18.1 Å². The Morgan fingerprint density at radius 1 is 1.43 bits per heavy atom. The zero-order valence-electron chi connectivity index (χ0n) is 8.91. The molecule has 0 fully saturated rings. The largest absolute Gasteiger partial charge is 0.464 e. The molecule has 76 valence electrons. The Morgan fingerprint density at radius 3 is 2.93 bits per heavy atom. The molecule has 0 amide bonds. The van der Waals surface area contributed by atoms with Gasteiger partial charge >= 0.3 is 0 Å². The highest BCUT2D eigenvalue weighted by atomic mass is 16.7. The monoisotopic (exact) mass is 192 g/mol. The molecular formula is C12H16O2. The minimum atomic E-state index is -0.100. The third-order valence-electron chi connectivity index (χ3n) is 2.64. The van der Waals surface area contributed by atoms with Gasteiger partial charge in [-0.05, 0) is 19.9 Å². The van der Waals surface area contributed by atoms with Crippen LogP contribution in [0.4, 0.5) is 0 Å². The number of fused-ring (bicyclic) bond motifs is 1. The van der Waals surface area contributed by atoms with Crippen molar-refractivity contribution in [3.63, 3.8) is 0 Å². The Balaban J connectivity index is 2.27. The average molecular weight is 192 g/mol. The van der Waals surface area contributed by atoms with Crippen molar-refractivity contribution in [2.45, 2.75) is 33.0 Å². The maximum atomic E-state index is 5.69. The van der Waals surface area contributed by atoms with Crippen LogP contribution in [0.2, 0.25) is 0 Å². The predicted molar refractivity (Wildman–Crippen MR) is 55.6 cm³/mol. The van der Waals surface area contributed by atoms with Crippen molar-refractivity contribution in [1.29, 1.82) is 0 Å². The van der Waals surface area contributed by atoms with Crippen molar-refractivity contribution in [3.8, 4) is 5.75 Å². The third kappa shape index (κ3) is 1.50. The first-order valence-corrected chi connectivity index (χ1v) is 5.11. The van der Waals surface area contributed by atoms with E-state index in [-0.39, 0.29) is 6.29 Å². The summed E-state index contributed by atoms with van der Waals surface area (Å²) >= 11 is 0. The number of ether oxygens (including phenoxy) is 2. The van der Waals surface area contributed by atoms with E-state index in [0.29, 0.717) is 12.5 Å². The first-order chi connectivity index (χ1) is 6.72. The van der Waals surface area contributed by atoms with Gasteiger partial charge in [-0.15, -0.1) is 0 Å².